The number of thioether (sulfide) groups is 1. The number of nitrogens with zero attached hydrogens (tertiary/aromatic N) is 2. The summed E-state index contributed by atoms with van der Waals surface area (Å²) in [6, 6.07) is 9.93. The van der Waals surface area contributed by atoms with Gasteiger partial charge in [0, 0.05) is 37.0 Å². The zero-order valence-electron chi connectivity index (χ0n) is 15.4. The molecule has 1 saturated heterocycles. The molecule has 0 unspecified atom stereocenters. The molecule has 1 heterocycles. The minimum Gasteiger partial charge on any atom is -0.339 e. The molecule has 3 rings (SSSR count). The smallest absolute Gasteiger partial charge is 0.243 e. The third-order valence-corrected chi connectivity index (χ3v) is 7.62. The van der Waals surface area contributed by atoms with Gasteiger partial charge in [-0.15, -0.1) is 11.8 Å². The molecule has 0 aliphatic carbocycles. The minimum atomic E-state index is -3.94. The molecule has 29 heavy (non-hydrogen) atoms. The summed E-state index contributed by atoms with van der Waals surface area (Å²) in [5.74, 6) is -1.45. The highest BCUT2D eigenvalue weighted by Crippen LogP contribution is 2.21. The number of carbonyl (C=O) groups is 1. The Bertz CT molecular complexity index is 997. The third kappa shape index (κ3) is 5.48. The van der Waals surface area contributed by atoms with Crippen LogP contribution in [0.2, 0.25) is 5.02 Å². The Labute approximate surface area is 177 Å². The maximum atomic E-state index is 13.4. The van der Waals surface area contributed by atoms with Gasteiger partial charge in [0.1, 0.15) is 0 Å². The average Bonchev–Trinajstić information content (AvgIpc) is 2.70. The lowest BCUT2D eigenvalue weighted by molar-refractivity contribution is -0.129. The Balaban J connectivity index is 1.51. The fraction of sp³-hybridized carbons (Fsp3) is 0.316. The molecule has 0 saturated carbocycles. The number of sulfonamides is 1. The Morgan fingerprint density at radius 2 is 1.76 bits per heavy atom. The molecule has 1 amide bonds. The summed E-state index contributed by atoms with van der Waals surface area (Å²) < 4.78 is 52.8. The normalized spacial score (nSPS) is 15.5. The fourth-order valence-corrected chi connectivity index (χ4v) is 5.46. The van der Waals surface area contributed by atoms with Crippen LogP contribution in [0.4, 0.5) is 8.78 Å². The van der Waals surface area contributed by atoms with Gasteiger partial charge in [-0.1, -0.05) is 23.7 Å². The van der Waals surface area contributed by atoms with Gasteiger partial charge in [0.05, 0.1) is 10.6 Å². The van der Waals surface area contributed by atoms with Crippen LogP contribution in [0.5, 0.6) is 0 Å². The number of piperazine rings is 1. The van der Waals surface area contributed by atoms with E-state index in [0.717, 1.165) is 17.7 Å². The SMILES string of the molecule is O=C(CSCc1cccc(Cl)c1)N1CCN(S(=O)(=O)c2ccc(F)c(F)c2)CC1. The van der Waals surface area contributed by atoms with Crippen molar-refractivity contribution in [2.45, 2.75) is 10.6 Å². The van der Waals surface area contributed by atoms with Crippen LogP contribution in [-0.2, 0) is 20.6 Å². The molecule has 0 aromatic heterocycles. The molecule has 0 radical (unpaired) electrons. The summed E-state index contributed by atoms with van der Waals surface area (Å²) in [6.07, 6.45) is 0. The van der Waals surface area contributed by atoms with E-state index >= 15 is 0 Å². The van der Waals surface area contributed by atoms with Gasteiger partial charge in [-0.05, 0) is 35.9 Å². The topological polar surface area (TPSA) is 57.7 Å². The van der Waals surface area contributed by atoms with Crippen molar-refractivity contribution in [1.29, 1.82) is 0 Å². The van der Waals surface area contributed by atoms with Crippen molar-refractivity contribution >= 4 is 39.3 Å². The van der Waals surface area contributed by atoms with Gasteiger partial charge in [0.2, 0.25) is 15.9 Å². The number of rotatable bonds is 6. The van der Waals surface area contributed by atoms with Gasteiger partial charge in [-0.2, -0.15) is 4.31 Å². The predicted molar refractivity (Wildman–Crippen MR) is 109 cm³/mol. The van der Waals surface area contributed by atoms with E-state index in [1.165, 1.54) is 16.1 Å². The van der Waals surface area contributed by atoms with Gasteiger partial charge in [0.15, 0.2) is 11.6 Å². The second-order valence-electron chi connectivity index (χ2n) is 6.48. The summed E-state index contributed by atoms with van der Waals surface area (Å²) in [7, 11) is -3.94. The van der Waals surface area contributed by atoms with Crippen LogP contribution in [0.15, 0.2) is 47.4 Å². The number of benzene rings is 2. The molecular weight excluding hydrogens is 442 g/mol. The quantitative estimate of drug-likeness (QED) is 0.663. The van der Waals surface area contributed by atoms with Crippen LogP contribution in [0.3, 0.4) is 0 Å². The predicted octanol–water partition coefficient (Wildman–Crippen LogP) is 3.38. The molecule has 156 valence electrons. The van der Waals surface area contributed by atoms with E-state index in [4.69, 9.17) is 11.6 Å². The molecule has 0 atom stereocenters. The van der Waals surface area contributed by atoms with Gasteiger partial charge >= 0.3 is 0 Å². The summed E-state index contributed by atoms with van der Waals surface area (Å²) in [5, 5.41) is 0.646. The molecule has 0 spiro atoms. The number of halogens is 3. The zero-order chi connectivity index (χ0) is 21.0. The molecule has 10 heteroatoms. The summed E-state index contributed by atoms with van der Waals surface area (Å²) in [4.78, 5) is 13.7. The first-order chi connectivity index (χ1) is 13.8. The Morgan fingerprint density at radius 1 is 1.03 bits per heavy atom. The number of amides is 1. The molecule has 0 N–H and O–H groups in total. The maximum Gasteiger partial charge on any atom is 0.243 e. The zero-order valence-corrected chi connectivity index (χ0v) is 17.7. The number of carbonyl (C=O) groups excluding carboxylic acids is 1. The van der Waals surface area contributed by atoms with E-state index in [1.54, 1.807) is 11.0 Å². The number of hydrogen-bond donors (Lipinski definition) is 0. The van der Waals surface area contributed by atoms with Crippen LogP contribution < -0.4 is 0 Å². The lowest BCUT2D eigenvalue weighted by Gasteiger charge is -2.34. The van der Waals surface area contributed by atoms with Crippen molar-refractivity contribution < 1.29 is 22.0 Å². The molecule has 1 fully saturated rings. The Kier molecular flexibility index (Phi) is 7.15. The second kappa shape index (κ2) is 9.42. The van der Waals surface area contributed by atoms with Crippen molar-refractivity contribution in [3.63, 3.8) is 0 Å². The first-order valence-corrected chi connectivity index (χ1v) is 11.8. The van der Waals surface area contributed by atoms with Crippen molar-refractivity contribution in [2.24, 2.45) is 0 Å². The highest BCUT2D eigenvalue weighted by molar-refractivity contribution is 7.99. The van der Waals surface area contributed by atoms with Crippen molar-refractivity contribution in [1.82, 2.24) is 9.21 Å². The third-order valence-electron chi connectivity index (χ3n) is 4.50. The molecule has 5 nitrogen and oxygen atoms in total. The maximum absolute atomic E-state index is 13.4. The monoisotopic (exact) mass is 460 g/mol. The molecule has 1 aliphatic heterocycles. The van der Waals surface area contributed by atoms with Gasteiger partial charge in [0.25, 0.3) is 0 Å². The standard InChI is InChI=1S/C19H19ClF2N2O3S2/c20-15-3-1-2-14(10-15)12-28-13-19(25)23-6-8-24(9-7-23)29(26,27)16-4-5-17(21)18(22)11-16/h1-5,10-11H,6-9,12-13H2. The molecular formula is C19H19ClF2N2O3S2. The van der Waals surface area contributed by atoms with Crippen molar-refractivity contribution in [3.8, 4) is 0 Å². The molecule has 0 bridgehead atoms. The first-order valence-electron chi connectivity index (χ1n) is 8.82. The first kappa shape index (κ1) is 22.0. The van der Waals surface area contributed by atoms with Gasteiger partial charge in [-0.25, -0.2) is 17.2 Å². The lowest BCUT2D eigenvalue weighted by Crippen LogP contribution is -2.51. The highest BCUT2D eigenvalue weighted by Gasteiger charge is 2.30. The summed E-state index contributed by atoms with van der Waals surface area (Å²) in [5.41, 5.74) is 1.03. The minimum absolute atomic E-state index is 0.0677. The van der Waals surface area contributed by atoms with E-state index in [9.17, 15) is 22.0 Å². The lowest BCUT2D eigenvalue weighted by atomic mass is 10.2. The highest BCUT2D eigenvalue weighted by atomic mass is 35.5. The van der Waals surface area contributed by atoms with Crippen LogP contribution in [0.25, 0.3) is 0 Å². The van der Waals surface area contributed by atoms with Crippen LogP contribution in [0, 0.1) is 11.6 Å². The van der Waals surface area contributed by atoms with Crippen LogP contribution in [0.1, 0.15) is 5.56 Å². The van der Waals surface area contributed by atoms with Gasteiger partial charge in [-0.3, -0.25) is 4.79 Å². The molecule has 1 aliphatic rings. The Hall–Kier alpha value is -1.68. The van der Waals surface area contributed by atoms with E-state index in [1.807, 2.05) is 18.2 Å². The van der Waals surface area contributed by atoms with Crippen molar-refractivity contribution in [3.05, 3.63) is 64.7 Å². The van der Waals surface area contributed by atoms with E-state index < -0.39 is 21.7 Å². The van der Waals surface area contributed by atoms with Crippen LogP contribution in [-0.4, -0.2) is 55.5 Å². The summed E-state index contributed by atoms with van der Waals surface area (Å²) >= 11 is 7.41. The largest absolute Gasteiger partial charge is 0.339 e. The molecule has 2 aromatic carbocycles. The van der Waals surface area contributed by atoms with Crippen LogP contribution >= 0.6 is 23.4 Å². The second-order valence-corrected chi connectivity index (χ2v) is 9.84. The summed E-state index contributed by atoms with van der Waals surface area (Å²) in [6.45, 7) is 0.705. The van der Waals surface area contributed by atoms with Crippen molar-refractivity contribution in [2.75, 3.05) is 31.9 Å². The van der Waals surface area contributed by atoms with Gasteiger partial charge < -0.3 is 4.90 Å². The molecule has 2 aromatic rings. The fourth-order valence-electron chi connectivity index (χ4n) is 2.94. The average molecular weight is 461 g/mol. The van der Waals surface area contributed by atoms with E-state index in [-0.39, 0.29) is 42.7 Å². The number of hydrogen-bond acceptors (Lipinski definition) is 4. The van der Waals surface area contributed by atoms with E-state index in [2.05, 4.69) is 0 Å². The van der Waals surface area contributed by atoms with E-state index in [0.29, 0.717) is 16.8 Å². The Morgan fingerprint density at radius 3 is 2.41 bits per heavy atom.